The van der Waals surface area contributed by atoms with Gasteiger partial charge in [0, 0.05) is 32.7 Å². The van der Waals surface area contributed by atoms with Gasteiger partial charge in [-0.25, -0.2) is 0 Å². The smallest absolute Gasteiger partial charge is 0.303 e. The molecule has 0 aromatic rings. The van der Waals surface area contributed by atoms with E-state index in [1.54, 1.807) is 0 Å². The summed E-state index contributed by atoms with van der Waals surface area (Å²) in [5.41, 5.74) is 0. The Morgan fingerprint density at radius 2 is 2.39 bits per heavy atom. The fourth-order valence-corrected chi connectivity index (χ4v) is 2.60. The molecular formula is C12H20N2O4. The number of nitrogens with one attached hydrogen (secondary N) is 1. The van der Waals surface area contributed by atoms with Crippen LogP contribution in [0, 0.1) is 0 Å². The Labute approximate surface area is 106 Å². The Bertz CT molecular complexity index is 315. The van der Waals surface area contributed by atoms with E-state index in [0.717, 1.165) is 32.5 Å². The Morgan fingerprint density at radius 3 is 3.06 bits per heavy atom. The molecule has 1 amide bonds. The highest BCUT2D eigenvalue weighted by Crippen LogP contribution is 2.17. The summed E-state index contributed by atoms with van der Waals surface area (Å²) in [6.45, 7) is 2.94. The van der Waals surface area contributed by atoms with Crippen LogP contribution < -0.4 is 5.32 Å². The number of carboxylic acids is 1. The third-order valence-electron chi connectivity index (χ3n) is 3.54. The van der Waals surface area contributed by atoms with E-state index in [1.807, 2.05) is 0 Å². The molecule has 0 saturated carbocycles. The maximum atomic E-state index is 11.8. The molecule has 6 heteroatoms. The number of carbonyl (C=O) groups is 2. The highest BCUT2D eigenvalue weighted by Gasteiger charge is 2.32. The standard InChI is InChI=1S/C12H20N2O4/c15-11(16)4-3-10-12(17)13-5-6-14(10)8-9-2-1-7-18-9/h9-10H,1-8H2,(H,13,17)(H,15,16). The van der Waals surface area contributed by atoms with Crippen LogP contribution in [-0.2, 0) is 14.3 Å². The number of carboxylic acid groups (broad SMARTS) is 1. The molecule has 6 nitrogen and oxygen atoms in total. The zero-order valence-electron chi connectivity index (χ0n) is 10.4. The topological polar surface area (TPSA) is 78.9 Å². The van der Waals surface area contributed by atoms with Crippen molar-refractivity contribution in [1.82, 2.24) is 10.2 Å². The Kier molecular flexibility index (Phi) is 4.54. The third-order valence-corrected chi connectivity index (χ3v) is 3.54. The molecule has 0 spiro atoms. The molecule has 0 aromatic carbocycles. The molecule has 0 radical (unpaired) electrons. The van der Waals surface area contributed by atoms with E-state index in [4.69, 9.17) is 9.84 Å². The van der Waals surface area contributed by atoms with E-state index in [2.05, 4.69) is 10.2 Å². The summed E-state index contributed by atoms with van der Waals surface area (Å²) < 4.78 is 5.58. The van der Waals surface area contributed by atoms with E-state index >= 15 is 0 Å². The molecule has 2 saturated heterocycles. The van der Waals surface area contributed by atoms with Crippen LogP contribution in [0.5, 0.6) is 0 Å². The van der Waals surface area contributed by atoms with Gasteiger partial charge in [-0.1, -0.05) is 0 Å². The van der Waals surface area contributed by atoms with Gasteiger partial charge in [-0.3, -0.25) is 14.5 Å². The highest BCUT2D eigenvalue weighted by molar-refractivity contribution is 5.83. The second-order valence-corrected chi connectivity index (χ2v) is 4.87. The van der Waals surface area contributed by atoms with Gasteiger partial charge in [0.05, 0.1) is 12.1 Å². The molecular weight excluding hydrogens is 236 g/mol. The van der Waals surface area contributed by atoms with E-state index < -0.39 is 5.97 Å². The van der Waals surface area contributed by atoms with E-state index in [-0.39, 0.29) is 24.5 Å². The Balaban J connectivity index is 1.90. The van der Waals surface area contributed by atoms with Gasteiger partial charge in [-0.2, -0.15) is 0 Å². The predicted octanol–water partition coefficient (Wildman–Crippen LogP) is -0.169. The number of nitrogens with zero attached hydrogens (tertiary/aromatic N) is 1. The summed E-state index contributed by atoms with van der Waals surface area (Å²) in [5, 5.41) is 11.5. The van der Waals surface area contributed by atoms with Crippen LogP contribution in [-0.4, -0.2) is 60.3 Å². The monoisotopic (exact) mass is 256 g/mol. The molecule has 0 bridgehead atoms. The van der Waals surface area contributed by atoms with Crippen molar-refractivity contribution in [2.75, 3.05) is 26.2 Å². The third kappa shape index (κ3) is 3.43. The molecule has 102 valence electrons. The fraction of sp³-hybridized carbons (Fsp3) is 0.833. The van der Waals surface area contributed by atoms with Crippen LogP contribution in [0.1, 0.15) is 25.7 Å². The molecule has 2 heterocycles. The minimum Gasteiger partial charge on any atom is -0.481 e. The summed E-state index contributed by atoms with van der Waals surface area (Å²) in [7, 11) is 0. The molecule has 2 fully saturated rings. The summed E-state index contributed by atoms with van der Waals surface area (Å²) >= 11 is 0. The molecule has 18 heavy (non-hydrogen) atoms. The van der Waals surface area contributed by atoms with Gasteiger partial charge in [0.1, 0.15) is 0 Å². The van der Waals surface area contributed by atoms with Gasteiger partial charge < -0.3 is 15.2 Å². The normalized spacial score (nSPS) is 29.2. The zero-order valence-corrected chi connectivity index (χ0v) is 10.4. The fourth-order valence-electron chi connectivity index (χ4n) is 2.60. The number of piperazine rings is 1. The number of hydrogen-bond donors (Lipinski definition) is 2. The van der Waals surface area contributed by atoms with Crippen LogP contribution in [0.2, 0.25) is 0 Å². The van der Waals surface area contributed by atoms with Crippen molar-refractivity contribution in [2.24, 2.45) is 0 Å². The number of amides is 1. The molecule has 2 aliphatic rings. The second kappa shape index (κ2) is 6.15. The second-order valence-electron chi connectivity index (χ2n) is 4.87. The minimum atomic E-state index is -0.856. The molecule has 0 aromatic heterocycles. The lowest BCUT2D eigenvalue weighted by Crippen LogP contribution is -2.56. The Hall–Kier alpha value is -1.14. The van der Waals surface area contributed by atoms with Gasteiger partial charge in [-0.05, 0) is 19.3 Å². The van der Waals surface area contributed by atoms with Crippen LogP contribution in [0.3, 0.4) is 0 Å². The van der Waals surface area contributed by atoms with Crippen LogP contribution in [0.15, 0.2) is 0 Å². The molecule has 2 rings (SSSR count). The summed E-state index contributed by atoms with van der Waals surface area (Å²) in [6, 6.07) is -0.320. The summed E-state index contributed by atoms with van der Waals surface area (Å²) in [6.07, 6.45) is 2.70. The van der Waals surface area contributed by atoms with Gasteiger partial charge in [0.2, 0.25) is 5.91 Å². The molecule has 2 atom stereocenters. The largest absolute Gasteiger partial charge is 0.481 e. The average Bonchev–Trinajstić information content (AvgIpc) is 2.81. The van der Waals surface area contributed by atoms with Crippen LogP contribution in [0.25, 0.3) is 0 Å². The van der Waals surface area contributed by atoms with Crippen molar-refractivity contribution >= 4 is 11.9 Å². The van der Waals surface area contributed by atoms with E-state index in [1.165, 1.54) is 0 Å². The van der Waals surface area contributed by atoms with Crippen molar-refractivity contribution in [3.63, 3.8) is 0 Å². The minimum absolute atomic E-state index is 0.0279. The van der Waals surface area contributed by atoms with Crippen molar-refractivity contribution in [3.05, 3.63) is 0 Å². The van der Waals surface area contributed by atoms with Gasteiger partial charge >= 0.3 is 5.97 Å². The first-order valence-corrected chi connectivity index (χ1v) is 6.52. The average molecular weight is 256 g/mol. The summed E-state index contributed by atoms with van der Waals surface area (Å²) in [5.74, 6) is -0.911. The van der Waals surface area contributed by atoms with Crippen molar-refractivity contribution in [2.45, 2.75) is 37.8 Å². The maximum absolute atomic E-state index is 11.8. The quantitative estimate of drug-likeness (QED) is 0.714. The number of hydrogen-bond acceptors (Lipinski definition) is 4. The van der Waals surface area contributed by atoms with E-state index in [9.17, 15) is 9.59 Å². The lowest BCUT2D eigenvalue weighted by Gasteiger charge is -2.36. The molecule has 2 N–H and O–H groups in total. The molecule has 0 aliphatic carbocycles. The first-order chi connectivity index (χ1) is 8.66. The van der Waals surface area contributed by atoms with Crippen LogP contribution >= 0.6 is 0 Å². The van der Waals surface area contributed by atoms with Crippen molar-refractivity contribution in [3.8, 4) is 0 Å². The Morgan fingerprint density at radius 1 is 1.56 bits per heavy atom. The van der Waals surface area contributed by atoms with Crippen molar-refractivity contribution < 1.29 is 19.4 Å². The first-order valence-electron chi connectivity index (χ1n) is 6.52. The maximum Gasteiger partial charge on any atom is 0.303 e. The van der Waals surface area contributed by atoms with Crippen LogP contribution in [0.4, 0.5) is 0 Å². The lowest BCUT2D eigenvalue weighted by molar-refractivity contribution is -0.138. The zero-order chi connectivity index (χ0) is 13.0. The molecule has 2 aliphatic heterocycles. The lowest BCUT2D eigenvalue weighted by atomic mass is 10.1. The predicted molar refractivity (Wildman–Crippen MR) is 64.2 cm³/mol. The summed E-state index contributed by atoms with van der Waals surface area (Å²) in [4.78, 5) is 24.5. The number of carbonyl (C=O) groups excluding carboxylic acids is 1. The SMILES string of the molecule is O=C(O)CCC1C(=O)NCCN1CC1CCCO1. The number of ether oxygens (including phenoxy) is 1. The van der Waals surface area contributed by atoms with Gasteiger partial charge in [0.15, 0.2) is 0 Å². The van der Waals surface area contributed by atoms with Crippen molar-refractivity contribution in [1.29, 1.82) is 0 Å². The van der Waals surface area contributed by atoms with E-state index in [0.29, 0.717) is 13.0 Å². The highest BCUT2D eigenvalue weighted by atomic mass is 16.5. The van der Waals surface area contributed by atoms with Gasteiger partial charge in [0.25, 0.3) is 0 Å². The molecule has 2 unspecified atom stereocenters. The van der Waals surface area contributed by atoms with Gasteiger partial charge in [-0.15, -0.1) is 0 Å². The first kappa shape index (κ1) is 13.3. The number of rotatable bonds is 5. The number of aliphatic carboxylic acids is 1.